The first-order valence-corrected chi connectivity index (χ1v) is 15.3. The van der Waals surface area contributed by atoms with Crippen LogP contribution in [0.4, 0.5) is 13.6 Å². The summed E-state index contributed by atoms with van der Waals surface area (Å²) in [4.78, 5) is 16.1. The minimum absolute atomic E-state index is 0.292. The average Bonchev–Trinajstić information content (AvgIpc) is 2.92. The summed E-state index contributed by atoms with van der Waals surface area (Å²) < 4.78 is 42.2. The number of carbonyl (C=O) groups is 1. The number of nitrogens with zero attached hydrogens (tertiary/aromatic N) is 3. The fourth-order valence-electron chi connectivity index (χ4n) is 6.70. The van der Waals surface area contributed by atoms with E-state index in [-0.39, 0.29) is 18.2 Å². The van der Waals surface area contributed by atoms with Crippen LogP contribution in [-0.2, 0) is 11.2 Å². The number of hydrogen-bond donors (Lipinski definition) is 2. The number of ether oxygens (including phenoxy) is 2. The van der Waals surface area contributed by atoms with Gasteiger partial charge < -0.3 is 19.5 Å². The first kappa shape index (κ1) is 33.9. The minimum atomic E-state index is -1.57. The predicted octanol–water partition coefficient (Wildman–Crippen LogP) is 6.05. The maximum absolute atomic E-state index is 15.3. The molecule has 1 heterocycles. The molecule has 0 radical (unpaired) electrons. The summed E-state index contributed by atoms with van der Waals surface area (Å²) in [5, 5.41) is 23.5. The van der Waals surface area contributed by atoms with Crippen molar-refractivity contribution in [1.82, 2.24) is 15.1 Å². The summed E-state index contributed by atoms with van der Waals surface area (Å²) in [6.07, 6.45) is -1.80. The van der Waals surface area contributed by atoms with Gasteiger partial charge in [0.15, 0.2) is 0 Å². The maximum atomic E-state index is 15.3. The van der Waals surface area contributed by atoms with Crippen molar-refractivity contribution in [1.29, 1.82) is 5.26 Å². The van der Waals surface area contributed by atoms with E-state index < -0.39 is 39.9 Å². The molecule has 0 aromatic heterocycles. The van der Waals surface area contributed by atoms with E-state index in [0.717, 1.165) is 0 Å². The van der Waals surface area contributed by atoms with Crippen LogP contribution in [0.2, 0.25) is 5.02 Å². The highest BCUT2D eigenvalue weighted by Crippen LogP contribution is 2.56. The molecule has 2 aromatic carbocycles. The van der Waals surface area contributed by atoms with Crippen molar-refractivity contribution in [2.75, 3.05) is 32.7 Å². The Morgan fingerprint density at radius 1 is 1.11 bits per heavy atom. The predicted molar refractivity (Wildman–Crippen MR) is 164 cm³/mol. The Balaban J connectivity index is 1.34. The van der Waals surface area contributed by atoms with Gasteiger partial charge in [0, 0.05) is 55.7 Å². The van der Waals surface area contributed by atoms with Gasteiger partial charge >= 0.3 is 6.09 Å². The Morgan fingerprint density at radius 2 is 1.70 bits per heavy atom. The summed E-state index contributed by atoms with van der Waals surface area (Å²) >= 11 is 6.18. The Kier molecular flexibility index (Phi) is 9.86. The van der Waals surface area contributed by atoms with E-state index in [2.05, 4.69) is 10.2 Å². The van der Waals surface area contributed by atoms with Crippen molar-refractivity contribution in [2.24, 2.45) is 10.8 Å². The lowest BCUT2D eigenvalue weighted by Crippen LogP contribution is -2.74. The molecular formula is C33H43ClF2N4O4. The normalized spacial score (nSPS) is 22.1. The fraction of sp³-hybridized carbons (Fsp3) is 0.576. The van der Waals surface area contributed by atoms with Gasteiger partial charge in [0.1, 0.15) is 41.4 Å². The van der Waals surface area contributed by atoms with Crippen LogP contribution < -0.4 is 10.1 Å². The van der Waals surface area contributed by atoms with Crippen molar-refractivity contribution in [3.63, 3.8) is 0 Å². The molecule has 2 N–H and O–H groups in total. The second kappa shape index (κ2) is 12.8. The number of aliphatic hydroxyl groups is 1. The molecule has 1 unspecified atom stereocenters. The molecule has 240 valence electrons. The summed E-state index contributed by atoms with van der Waals surface area (Å²) in [5.41, 5.74) is -1.18. The van der Waals surface area contributed by atoms with Gasteiger partial charge in [-0.3, -0.25) is 10.2 Å². The van der Waals surface area contributed by atoms with E-state index in [1.807, 2.05) is 54.5 Å². The van der Waals surface area contributed by atoms with Crippen molar-refractivity contribution >= 4 is 17.7 Å². The molecule has 4 rings (SSSR count). The highest BCUT2D eigenvalue weighted by molar-refractivity contribution is 6.31. The van der Waals surface area contributed by atoms with Crippen LogP contribution in [0.3, 0.4) is 0 Å². The number of aliphatic hydroxyl groups excluding tert-OH is 1. The molecule has 2 aliphatic rings. The van der Waals surface area contributed by atoms with Crippen LogP contribution in [0.25, 0.3) is 0 Å². The number of amides is 1. The number of rotatable bonds is 8. The second-order valence-electron chi connectivity index (χ2n) is 13.9. The van der Waals surface area contributed by atoms with Crippen LogP contribution >= 0.6 is 11.6 Å². The van der Waals surface area contributed by atoms with Crippen molar-refractivity contribution in [3.8, 4) is 11.8 Å². The quantitative estimate of drug-likeness (QED) is 0.342. The van der Waals surface area contributed by atoms with E-state index in [9.17, 15) is 9.90 Å². The van der Waals surface area contributed by atoms with Gasteiger partial charge in [0.25, 0.3) is 0 Å². The number of carbonyl (C=O) groups excluding carboxylic acids is 1. The zero-order chi connectivity index (χ0) is 32.6. The molecule has 0 bridgehead atoms. The Morgan fingerprint density at radius 3 is 2.23 bits per heavy atom. The van der Waals surface area contributed by atoms with Crippen LogP contribution in [0.5, 0.6) is 5.75 Å². The Labute approximate surface area is 263 Å². The van der Waals surface area contributed by atoms with E-state index in [1.165, 1.54) is 12.1 Å². The van der Waals surface area contributed by atoms with E-state index in [1.54, 1.807) is 23.1 Å². The molecule has 1 amide bonds. The monoisotopic (exact) mass is 632 g/mol. The van der Waals surface area contributed by atoms with Crippen LogP contribution in [0.15, 0.2) is 30.3 Å². The molecule has 44 heavy (non-hydrogen) atoms. The van der Waals surface area contributed by atoms with Crippen LogP contribution in [0.1, 0.15) is 71.4 Å². The van der Waals surface area contributed by atoms with Gasteiger partial charge in [-0.25, -0.2) is 13.6 Å². The van der Waals surface area contributed by atoms with Crippen molar-refractivity contribution in [2.45, 2.75) is 78.9 Å². The van der Waals surface area contributed by atoms with E-state index in [0.29, 0.717) is 61.0 Å². The Bertz CT molecular complexity index is 1370. The molecule has 1 saturated carbocycles. The fourth-order valence-corrected chi connectivity index (χ4v) is 6.92. The van der Waals surface area contributed by atoms with Gasteiger partial charge in [-0.1, -0.05) is 39.3 Å². The maximum Gasteiger partial charge on any atom is 0.410 e. The number of hydrogen-bond acceptors (Lipinski definition) is 7. The molecule has 1 aliphatic carbocycles. The molecule has 8 nitrogen and oxygen atoms in total. The molecule has 0 spiro atoms. The molecular weight excluding hydrogens is 590 g/mol. The number of nitrogens with one attached hydrogen (secondary N) is 1. The lowest BCUT2D eigenvalue weighted by Gasteiger charge is -2.63. The lowest BCUT2D eigenvalue weighted by atomic mass is 9.49. The first-order valence-electron chi connectivity index (χ1n) is 14.9. The van der Waals surface area contributed by atoms with Gasteiger partial charge in [-0.2, -0.15) is 5.26 Å². The zero-order valence-electron chi connectivity index (χ0n) is 26.5. The zero-order valence-corrected chi connectivity index (χ0v) is 27.3. The number of halogens is 3. The molecule has 1 aliphatic heterocycles. The largest absolute Gasteiger partial charge is 0.489 e. The Hall–Kier alpha value is -2.97. The van der Waals surface area contributed by atoms with Gasteiger partial charge in [0.05, 0.1) is 16.1 Å². The third-order valence-corrected chi connectivity index (χ3v) is 8.94. The number of piperazine rings is 1. The highest BCUT2D eigenvalue weighted by Gasteiger charge is 2.64. The van der Waals surface area contributed by atoms with Crippen LogP contribution in [-0.4, -0.2) is 71.5 Å². The molecule has 1 atom stereocenters. The number of nitriles is 1. The summed E-state index contributed by atoms with van der Waals surface area (Å²) in [7, 11) is 0. The third-order valence-electron chi connectivity index (χ3n) is 8.63. The van der Waals surface area contributed by atoms with Crippen molar-refractivity contribution in [3.05, 3.63) is 63.7 Å². The molecule has 11 heteroatoms. The smallest absolute Gasteiger partial charge is 0.410 e. The van der Waals surface area contributed by atoms with Crippen LogP contribution in [0, 0.1) is 33.8 Å². The van der Waals surface area contributed by atoms with Gasteiger partial charge in [-0.05, 0) is 57.0 Å². The molecule has 2 aromatic rings. The SMILES string of the molecule is CC(C)(C)OC(=O)N1CCN(CCc2cc(F)c(C(O)N[C@H]3C(C)(C)[C@H](Oc4ccc(C#N)c(Cl)c4)C3(C)C)c(F)c2)CC1. The second-order valence-corrected chi connectivity index (χ2v) is 14.3. The third kappa shape index (κ3) is 7.28. The first-order chi connectivity index (χ1) is 20.4. The van der Waals surface area contributed by atoms with Gasteiger partial charge in [0.2, 0.25) is 0 Å². The number of benzene rings is 2. The molecule has 1 saturated heterocycles. The topological polar surface area (TPSA) is 98.1 Å². The van der Waals surface area contributed by atoms with E-state index in [4.69, 9.17) is 26.3 Å². The molecule has 2 fully saturated rings. The van der Waals surface area contributed by atoms with Crippen molar-refractivity contribution < 1.29 is 28.2 Å². The summed E-state index contributed by atoms with van der Waals surface area (Å²) in [6, 6.07) is 9.10. The highest BCUT2D eigenvalue weighted by atomic mass is 35.5. The minimum Gasteiger partial charge on any atom is -0.489 e. The standard InChI is InChI=1S/C33H43ClF2N4O4/c1-31(2,3)44-30(42)40-14-12-39(13-15-40)11-10-20-16-24(35)26(25(36)17-20)27(41)38-28-32(4,5)29(33(28,6)7)43-22-9-8-21(19-37)23(34)18-22/h8-9,16-18,27-29,38,41H,10-15H2,1-7H3/t27?,28-,29-. The average molecular weight is 633 g/mol. The van der Waals surface area contributed by atoms with Gasteiger partial charge in [-0.15, -0.1) is 0 Å². The lowest BCUT2D eigenvalue weighted by molar-refractivity contribution is -0.180. The summed E-state index contributed by atoms with van der Waals surface area (Å²) in [6.45, 7) is 16.2. The summed E-state index contributed by atoms with van der Waals surface area (Å²) in [5.74, 6) is -1.12. The van der Waals surface area contributed by atoms with E-state index >= 15 is 8.78 Å².